The molecule has 1 saturated heterocycles. The third kappa shape index (κ3) is 3.73. The molecule has 1 N–H and O–H groups in total. The number of amides is 1. The van der Waals surface area contributed by atoms with Crippen LogP contribution in [0.25, 0.3) is 11.0 Å². The molecule has 23 heavy (non-hydrogen) atoms. The van der Waals surface area contributed by atoms with Gasteiger partial charge in [0, 0.05) is 25.0 Å². The molecule has 0 unspecified atom stereocenters. The molecule has 124 valence electrons. The zero-order valence-electron chi connectivity index (χ0n) is 13.0. The largest absolute Gasteiger partial charge is 0.451 e. The maximum Gasteiger partial charge on any atom is 0.287 e. The van der Waals surface area contributed by atoms with Crippen LogP contribution in [0.15, 0.2) is 34.7 Å². The van der Waals surface area contributed by atoms with E-state index in [1.807, 2.05) is 24.3 Å². The quantitative estimate of drug-likeness (QED) is 0.924. The monoisotopic (exact) mass is 336 g/mol. The SMILES string of the molecule is CS(=O)(=O)N1CCC(CNC(=O)c2cc3ccccc3o2)CC1. The van der Waals surface area contributed by atoms with E-state index >= 15 is 0 Å². The van der Waals surface area contributed by atoms with Crippen LogP contribution in [0.5, 0.6) is 0 Å². The maximum absolute atomic E-state index is 12.2. The molecule has 7 heteroatoms. The van der Waals surface area contributed by atoms with Gasteiger partial charge in [-0.05, 0) is 30.9 Å². The predicted octanol–water partition coefficient (Wildman–Crippen LogP) is 1.83. The van der Waals surface area contributed by atoms with Crippen molar-refractivity contribution in [3.05, 3.63) is 36.1 Å². The number of nitrogens with one attached hydrogen (secondary N) is 1. The van der Waals surface area contributed by atoms with Crippen molar-refractivity contribution >= 4 is 26.9 Å². The van der Waals surface area contributed by atoms with Crippen molar-refractivity contribution in [2.75, 3.05) is 25.9 Å². The summed E-state index contributed by atoms with van der Waals surface area (Å²) in [5, 5.41) is 3.78. The molecule has 1 aromatic carbocycles. The molecule has 0 spiro atoms. The summed E-state index contributed by atoms with van der Waals surface area (Å²) in [7, 11) is -3.11. The second-order valence-electron chi connectivity index (χ2n) is 5.96. The van der Waals surface area contributed by atoms with Gasteiger partial charge in [-0.25, -0.2) is 12.7 Å². The van der Waals surface area contributed by atoms with Crippen LogP contribution in [0.2, 0.25) is 0 Å². The van der Waals surface area contributed by atoms with E-state index in [9.17, 15) is 13.2 Å². The van der Waals surface area contributed by atoms with Crippen LogP contribution in [0.1, 0.15) is 23.4 Å². The lowest BCUT2D eigenvalue weighted by Crippen LogP contribution is -2.41. The Kier molecular flexibility index (Phi) is 4.41. The fourth-order valence-corrected chi connectivity index (χ4v) is 3.74. The minimum atomic E-state index is -3.11. The highest BCUT2D eigenvalue weighted by molar-refractivity contribution is 7.88. The summed E-state index contributed by atoms with van der Waals surface area (Å²) in [4.78, 5) is 12.2. The van der Waals surface area contributed by atoms with E-state index in [0.29, 0.717) is 36.9 Å². The normalized spacial score (nSPS) is 17.4. The summed E-state index contributed by atoms with van der Waals surface area (Å²) in [6.07, 6.45) is 2.75. The van der Waals surface area contributed by atoms with Crippen LogP contribution in [0.4, 0.5) is 0 Å². The zero-order chi connectivity index (χ0) is 16.4. The van der Waals surface area contributed by atoms with Crippen molar-refractivity contribution in [3.8, 4) is 0 Å². The first-order valence-corrected chi connectivity index (χ1v) is 9.50. The van der Waals surface area contributed by atoms with Crippen molar-refractivity contribution in [1.82, 2.24) is 9.62 Å². The number of rotatable bonds is 4. The van der Waals surface area contributed by atoms with Crippen molar-refractivity contribution in [1.29, 1.82) is 0 Å². The van der Waals surface area contributed by atoms with E-state index < -0.39 is 10.0 Å². The van der Waals surface area contributed by atoms with E-state index in [-0.39, 0.29) is 5.91 Å². The third-order valence-corrected chi connectivity index (χ3v) is 5.55. The molecule has 1 aliphatic rings. The second-order valence-corrected chi connectivity index (χ2v) is 7.95. The van der Waals surface area contributed by atoms with Gasteiger partial charge in [-0.2, -0.15) is 0 Å². The number of carbonyl (C=O) groups is 1. The number of para-hydroxylation sites is 1. The molecular weight excluding hydrogens is 316 g/mol. The van der Waals surface area contributed by atoms with Crippen LogP contribution >= 0.6 is 0 Å². The number of sulfonamides is 1. The average Bonchev–Trinajstić information content (AvgIpc) is 2.96. The van der Waals surface area contributed by atoms with Crippen LogP contribution in [-0.4, -0.2) is 44.5 Å². The molecular formula is C16H20N2O4S. The minimum Gasteiger partial charge on any atom is -0.451 e. The van der Waals surface area contributed by atoms with E-state index in [4.69, 9.17) is 4.42 Å². The molecule has 1 aliphatic heterocycles. The van der Waals surface area contributed by atoms with Gasteiger partial charge in [0.1, 0.15) is 5.58 Å². The average molecular weight is 336 g/mol. The number of benzene rings is 1. The molecule has 0 atom stereocenters. The highest BCUT2D eigenvalue weighted by atomic mass is 32.2. The number of piperidine rings is 1. The molecule has 0 radical (unpaired) electrons. The van der Waals surface area contributed by atoms with Gasteiger partial charge in [0.05, 0.1) is 6.26 Å². The van der Waals surface area contributed by atoms with Crippen molar-refractivity contribution in [2.24, 2.45) is 5.92 Å². The van der Waals surface area contributed by atoms with Crippen LogP contribution in [0, 0.1) is 5.92 Å². The first kappa shape index (κ1) is 16.0. The summed E-state index contributed by atoms with van der Waals surface area (Å²) in [6.45, 7) is 1.57. The molecule has 2 heterocycles. The van der Waals surface area contributed by atoms with Crippen LogP contribution in [-0.2, 0) is 10.0 Å². The van der Waals surface area contributed by atoms with Crippen molar-refractivity contribution in [2.45, 2.75) is 12.8 Å². The Hall–Kier alpha value is -1.86. The second kappa shape index (κ2) is 6.33. The third-order valence-electron chi connectivity index (χ3n) is 4.24. The lowest BCUT2D eigenvalue weighted by Gasteiger charge is -2.30. The Balaban J connectivity index is 1.54. The number of furan rings is 1. The molecule has 3 rings (SSSR count). The van der Waals surface area contributed by atoms with Gasteiger partial charge in [-0.3, -0.25) is 4.79 Å². The van der Waals surface area contributed by atoms with E-state index in [1.54, 1.807) is 6.07 Å². The molecule has 1 fully saturated rings. The number of carbonyl (C=O) groups excluding carboxylic acids is 1. The lowest BCUT2D eigenvalue weighted by atomic mass is 9.98. The summed E-state index contributed by atoms with van der Waals surface area (Å²) >= 11 is 0. The molecule has 1 amide bonds. The van der Waals surface area contributed by atoms with Crippen molar-refractivity contribution in [3.63, 3.8) is 0 Å². The standard InChI is InChI=1S/C16H20N2O4S/c1-23(20,21)18-8-6-12(7-9-18)11-17-16(19)15-10-13-4-2-3-5-14(13)22-15/h2-5,10,12H,6-9,11H2,1H3,(H,17,19). The lowest BCUT2D eigenvalue weighted by molar-refractivity contribution is 0.0916. The topological polar surface area (TPSA) is 79.6 Å². The Bertz CT molecular complexity index is 771. The van der Waals surface area contributed by atoms with Gasteiger partial charge in [0.25, 0.3) is 5.91 Å². The number of fused-ring (bicyclic) bond motifs is 1. The Labute approximate surface area is 135 Å². The Morgan fingerprint density at radius 1 is 1.30 bits per heavy atom. The first-order valence-electron chi connectivity index (χ1n) is 7.65. The summed E-state index contributed by atoms with van der Waals surface area (Å²) in [5.41, 5.74) is 0.694. The maximum atomic E-state index is 12.2. The number of hydrogen-bond acceptors (Lipinski definition) is 4. The van der Waals surface area contributed by atoms with Crippen molar-refractivity contribution < 1.29 is 17.6 Å². The molecule has 1 aromatic heterocycles. The van der Waals surface area contributed by atoms with Crippen LogP contribution in [0.3, 0.4) is 0 Å². The van der Waals surface area contributed by atoms with Gasteiger partial charge in [0.2, 0.25) is 10.0 Å². The van der Waals surface area contributed by atoms with Crippen LogP contribution < -0.4 is 5.32 Å². The van der Waals surface area contributed by atoms with Gasteiger partial charge < -0.3 is 9.73 Å². The molecule has 0 saturated carbocycles. The molecule has 0 aliphatic carbocycles. The molecule has 0 bridgehead atoms. The van der Waals surface area contributed by atoms with E-state index in [0.717, 1.165) is 18.2 Å². The number of nitrogens with zero attached hydrogens (tertiary/aromatic N) is 1. The fourth-order valence-electron chi connectivity index (χ4n) is 2.86. The van der Waals surface area contributed by atoms with Gasteiger partial charge in [0.15, 0.2) is 5.76 Å². The summed E-state index contributed by atoms with van der Waals surface area (Å²) in [6, 6.07) is 9.22. The van der Waals surface area contributed by atoms with Gasteiger partial charge >= 0.3 is 0 Å². The Morgan fingerprint density at radius 3 is 2.65 bits per heavy atom. The van der Waals surface area contributed by atoms with Gasteiger partial charge in [-0.1, -0.05) is 18.2 Å². The predicted molar refractivity (Wildman–Crippen MR) is 87.7 cm³/mol. The minimum absolute atomic E-state index is 0.230. The highest BCUT2D eigenvalue weighted by Crippen LogP contribution is 2.20. The highest BCUT2D eigenvalue weighted by Gasteiger charge is 2.25. The van der Waals surface area contributed by atoms with Gasteiger partial charge in [-0.15, -0.1) is 0 Å². The summed E-state index contributed by atoms with van der Waals surface area (Å²) in [5.74, 6) is 0.368. The zero-order valence-corrected chi connectivity index (χ0v) is 13.8. The fraction of sp³-hybridized carbons (Fsp3) is 0.438. The molecule has 6 nitrogen and oxygen atoms in total. The summed E-state index contributed by atoms with van der Waals surface area (Å²) < 4.78 is 30.0. The van der Waals surface area contributed by atoms with E-state index in [1.165, 1.54) is 10.6 Å². The number of hydrogen-bond donors (Lipinski definition) is 1. The first-order chi connectivity index (χ1) is 10.9. The Morgan fingerprint density at radius 2 is 2.00 bits per heavy atom. The van der Waals surface area contributed by atoms with E-state index in [2.05, 4.69) is 5.32 Å². The molecule has 2 aromatic rings. The smallest absolute Gasteiger partial charge is 0.287 e.